The lowest BCUT2D eigenvalue weighted by Gasteiger charge is -2.14. The first kappa shape index (κ1) is 23.5. The number of carbonyl (C=O) groups is 3. The molecule has 30 heavy (non-hydrogen) atoms. The van der Waals surface area contributed by atoms with Crippen LogP contribution < -0.4 is 10.6 Å². The van der Waals surface area contributed by atoms with Gasteiger partial charge in [0.15, 0.2) is 6.10 Å². The van der Waals surface area contributed by atoms with Gasteiger partial charge in [0.05, 0.1) is 16.1 Å². The average Bonchev–Trinajstić information content (AvgIpc) is 2.65. The number of halogens is 5. The van der Waals surface area contributed by atoms with E-state index in [1.807, 2.05) is 0 Å². The van der Waals surface area contributed by atoms with Crippen molar-refractivity contribution in [2.45, 2.75) is 19.2 Å². The molecule has 0 aromatic heterocycles. The van der Waals surface area contributed by atoms with Crippen molar-refractivity contribution in [3.05, 3.63) is 63.6 Å². The van der Waals surface area contributed by atoms with Crippen molar-refractivity contribution < 1.29 is 32.3 Å². The fraction of sp³-hybridized carbons (Fsp3) is 0.211. The summed E-state index contributed by atoms with van der Waals surface area (Å²) in [6, 6.07) is 7.97. The third kappa shape index (κ3) is 6.64. The van der Waals surface area contributed by atoms with Crippen molar-refractivity contribution >= 4 is 46.7 Å². The smallest absolute Gasteiger partial charge is 0.416 e. The molecule has 6 nitrogen and oxygen atoms in total. The van der Waals surface area contributed by atoms with Gasteiger partial charge in [-0.05, 0) is 49.4 Å². The van der Waals surface area contributed by atoms with E-state index < -0.39 is 42.2 Å². The average molecular weight is 463 g/mol. The molecular weight excluding hydrogens is 448 g/mol. The molecule has 2 N–H and O–H groups in total. The predicted octanol–water partition coefficient (Wildman–Crippen LogP) is 4.31. The number of benzene rings is 2. The van der Waals surface area contributed by atoms with Gasteiger partial charge in [-0.1, -0.05) is 23.2 Å². The standard InChI is InChI=1S/C19H15Cl2F3N2O4/c1-10(17(28)26-13-5-2-11(3-6-13)19(22,23)24)30-16(27)9-25-18(29)14-7-4-12(20)8-15(14)21/h2-8,10H,9H2,1H3,(H,25,29)(H,26,28)/t10-/m0/s1. The van der Waals surface area contributed by atoms with E-state index >= 15 is 0 Å². The van der Waals surface area contributed by atoms with Crippen molar-refractivity contribution in [1.82, 2.24) is 5.32 Å². The first-order chi connectivity index (χ1) is 14.0. The molecule has 11 heteroatoms. The molecule has 0 bridgehead atoms. The maximum atomic E-state index is 12.5. The highest BCUT2D eigenvalue weighted by Gasteiger charge is 2.30. The molecule has 2 aromatic rings. The third-order valence-electron chi connectivity index (χ3n) is 3.73. The van der Waals surface area contributed by atoms with Crippen LogP contribution >= 0.6 is 23.2 Å². The zero-order valence-electron chi connectivity index (χ0n) is 15.3. The lowest BCUT2D eigenvalue weighted by molar-refractivity contribution is -0.152. The van der Waals surface area contributed by atoms with Crippen LogP contribution in [0.25, 0.3) is 0 Å². The second-order valence-electron chi connectivity index (χ2n) is 6.00. The topological polar surface area (TPSA) is 84.5 Å². The summed E-state index contributed by atoms with van der Waals surface area (Å²) < 4.78 is 42.5. The van der Waals surface area contributed by atoms with E-state index in [1.54, 1.807) is 0 Å². The third-order valence-corrected chi connectivity index (χ3v) is 4.27. The first-order valence-corrected chi connectivity index (χ1v) is 9.14. The Morgan fingerprint density at radius 3 is 2.27 bits per heavy atom. The quantitative estimate of drug-likeness (QED) is 0.626. The van der Waals surface area contributed by atoms with Gasteiger partial charge in [0.1, 0.15) is 6.54 Å². The van der Waals surface area contributed by atoms with Gasteiger partial charge in [-0.25, -0.2) is 0 Å². The number of esters is 1. The van der Waals surface area contributed by atoms with Crippen LogP contribution in [0.1, 0.15) is 22.8 Å². The summed E-state index contributed by atoms with van der Waals surface area (Å²) in [6.07, 6.45) is -5.75. The maximum absolute atomic E-state index is 12.5. The minimum atomic E-state index is -4.49. The molecule has 2 aromatic carbocycles. The Morgan fingerprint density at radius 1 is 1.07 bits per heavy atom. The molecule has 0 spiro atoms. The maximum Gasteiger partial charge on any atom is 0.416 e. The highest BCUT2D eigenvalue weighted by molar-refractivity contribution is 6.36. The zero-order valence-corrected chi connectivity index (χ0v) is 16.9. The van der Waals surface area contributed by atoms with E-state index in [9.17, 15) is 27.6 Å². The number of anilines is 1. The highest BCUT2D eigenvalue weighted by atomic mass is 35.5. The lowest BCUT2D eigenvalue weighted by Crippen LogP contribution is -2.35. The minimum Gasteiger partial charge on any atom is -0.451 e. The van der Waals surface area contributed by atoms with Crippen LogP contribution in [0.3, 0.4) is 0 Å². The Balaban J connectivity index is 1.84. The predicted molar refractivity (Wildman–Crippen MR) is 104 cm³/mol. The molecule has 0 radical (unpaired) electrons. The number of hydrogen-bond donors (Lipinski definition) is 2. The summed E-state index contributed by atoms with van der Waals surface area (Å²) >= 11 is 11.6. The fourth-order valence-electron chi connectivity index (χ4n) is 2.20. The van der Waals surface area contributed by atoms with Crippen molar-refractivity contribution in [3.63, 3.8) is 0 Å². The molecule has 0 aliphatic rings. The molecular formula is C19H15Cl2F3N2O4. The fourth-order valence-corrected chi connectivity index (χ4v) is 2.69. The number of nitrogens with one attached hydrogen (secondary N) is 2. The van der Waals surface area contributed by atoms with Crippen molar-refractivity contribution in [2.75, 3.05) is 11.9 Å². The van der Waals surface area contributed by atoms with E-state index in [0.29, 0.717) is 5.02 Å². The van der Waals surface area contributed by atoms with Crippen LogP contribution in [0.5, 0.6) is 0 Å². The van der Waals surface area contributed by atoms with Gasteiger partial charge in [0, 0.05) is 10.7 Å². The number of alkyl halides is 3. The summed E-state index contributed by atoms with van der Waals surface area (Å²) in [6.45, 7) is 0.741. The Hall–Kier alpha value is -2.78. The van der Waals surface area contributed by atoms with E-state index in [2.05, 4.69) is 10.6 Å². The van der Waals surface area contributed by atoms with Gasteiger partial charge in [-0.15, -0.1) is 0 Å². The van der Waals surface area contributed by atoms with E-state index in [-0.39, 0.29) is 16.3 Å². The summed E-state index contributed by atoms with van der Waals surface area (Å²) in [5.41, 5.74) is -0.667. The van der Waals surface area contributed by atoms with Gasteiger partial charge in [-0.3, -0.25) is 14.4 Å². The molecule has 0 aliphatic heterocycles. The van der Waals surface area contributed by atoms with Crippen molar-refractivity contribution in [1.29, 1.82) is 0 Å². The number of hydrogen-bond acceptors (Lipinski definition) is 4. The number of carbonyl (C=O) groups excluding carboxylic acids is 3. The second-order valence-corrected chi connectivity index (χ2v) is 6.85. The van der Waals surface area contributed by atoms with Crippen molar-refractivity contribution in [2.24, 2.45) is 0 Å². The summed E-state index contributed by atoms with van der Waals surface area (Å²) in [5, 5.41) is 5.05. The molecule has 160 valence electrons. The van der Waals surface area contributed by atoms with Gasteiger partial charge in [0.2, 0.25) is 0 Å². The SMILES string of the molecule is C[C@H](OC(=O)CNC(=O)c1ccc(Cl)cc1Cl)C(=O)Nc1ccc(C(F)(F)F)cc1. The molecule has 0 saturated carbocycles. The highest BCUT2D eigenvalue weighted by Crippen LogP contribution is 2.29. The van der Waals surface area contributed by atoms with Crippen LogP contribution in [0.4, 0.5) is 18.9 Å². The molecule has 1 atom stereocenters. The van der Waals surface area contributed by atoms with Gasteiger partial charge in [0.25, 0.3) is 11.8 Å². The van der Waals surface area contributed by atoms with E-state index in [0.717, 1.165) is 24.3 Å². The summed E-state index contributed by atoms with van der Waals surface area (Å²) in [4.78, 5) is 35.9. The molecule has 0 saturated heterocycles. The lowest BCUT2D eigenvalue weighted by atomic mass is 10.2. The van der Waals surface area contributed by atoms with Gasteiger partial charge >= 0.3 is 12.1 Å². The first-order valence-electron chi connectivity index (χ1n) is 8.38. The van der Waals surface area contributed by atoms with Crippen LogP contribution in [0, 0.1) is 0 Å². The number of ether oxygens (including phenoxy) is 1. The van der Waals surface area contributed by atoms with Gasteiger partial charge < -0.3 is 15.4 Å². The Labute approximate surface area is 179 Å². The van der Waals surface area contributed by atoms with Crippen LogP contribution in [-0.4, -0.2) is 30.4 Å². The molecule has 0 heterocycles. The Morgan fingerprint density at radius 2 is 1.70 bits per heavy atom. The van der Waals surface area contributed by atoms with Crippen LogP contribution in [0.2, 0.25) is 10.0 Å². The number of rotatable bonds is 6. The Bertz CT molecular complexity index is 950. The normalized spacial score (nSPS) is 12.1. The molecule has 2 rings (SSSR count). The second kappa shape index (κ2) is 9.82. The molecule has 0 fully saturated rings. The molecule has 2 amide bonds. The van der Waals surface area contributed by atoms with Gasteiger partial charge in [-0.2, -0.15) is 13.2 Å². The van der Waals surface area contributed by atoms with E-state index in [1.165, 1.54) is 25.1 Å². The zero-order chi connectivity index (χ0) is 22.5. The minimum absolute atomic E-state index is 0.0951. The molecule has 0 aliphatic carbocycles. The van der Waals surface area contributed by atoms with Crippen LogP contribution in [-0.2, 0) is 20.5 Å². The summed E-state index contributed by atoms with van der Waals surface area (Å²) in [5.74, 6) is -2.30. The van der Waals surface area contributed by atoms with Crippen molar-refractivity contribution in [3.8, 4) is 0 Å². The van der Waals surface area contributed by atoms with E-state index in [4.69, 9.17) is 27.9 Å². The largest absolute Gasteiger partial charge is 0.451 e. The monoisotopic (exact) mass is 462 g/mol. The summed E-state index contributed by atoms with van der Waals surface area (Å²) in [7, 11) is 0. The molecule has 0 unspecified atom stereocenters. The number of amides is 2. The Kier molecular flexibility index (Phi) is 7.69. The van der Waals surface area contributed by atoms with Crippen LogP contribution in [0.15, 0.2) is 42.5 Å².